The molecule has 3 N–H and O–H groups in total. The molecule has 0 aliphatic heterocycles. The second kappa shape index (κ2) is 11.9. The number of carbonyl (C=O) groups excluding carboxylic acids is 2. The monoisotopic (exact) mass is 507 g/mol. The average molecular weight is 508 g/mol. The van der Waals surface area contributed by atoms with Crippen molar-refractivity contribution in [2.45, 2.75) is 38.4 Å². The number of anilines is 3. The maximum absolute atomic E-state index is 13.4. The van der Waals surface area contributed by atoms with E-state index < -0.39 is 29.6 Å². The summed E-state index contributed by atoms with van der Waals surface area (Å²) in [4.78, 5) is 30.6. The van der Waals surface area contributed by atoms with Gasteiger partial charge in [-0.15, -0.1) is 0 Å². The standard InChI is InChI=1S/C20H22Cl2F3N5O3/c1-11(31)28-16(18(32)33-2)5-3-4-8-26-17-13(20(23,24)25)10-27-19(30-17)29-12-6-7-14(21)15(22)9-12/h6-7,9-10,16H,3-5,8H2,1-2H3,(H,28,31)(H2,26,27,29,30). The van der Waals surface area contributed by atoms with E-state index in [1.54, 1.807) is 6.07 Å². The number of hydrogen-bond donors (Lipinski definition) is 3. The van der Waals surface area contributed by atoms with Crippen LogP contribution in [-0.2, 0) is 20.5 Å². The molecule has 13 heteroatoms. The maximum Gasteiger partial charge on any atom is 0.421 e. The number of benzene rings is 1. The molecular formula is C20H22Cl2F3N5O3. The molecule has 0 spiro atoms. The van der Waals surface area contributed by atoms with Crippen molar-refractivity contribution in [1.82, 2.24) is 15.3 Å². The summed E-state index contributed by atoms with van der Waals surface area (Å²) in [6.07, 6.45) is -2.86. The molecule has 0 radical (unpaired) electrons. The van der Waals surface area contributed by atoms with Crippen molar-refractivity contribution in [3.63, 3.8) is 0 Å². The molecule has 180 valence electrons. The summed E-state index contributed by atoms with van der Waals surface area (Å²) in [5, 5.41) is 8.51. The first kappa shape index (κ1) is 26.5. The second-order valence-electron chi connectivity index (χ2n) is 6.91. The van der Waals surface area contributed by atoms with E-state index in [9.17, 15) is 22.8 Å². The highest BCUT2D eigenvalue weighted by Crippen LogP contribution is 2.34. The molecule has 1 heterocycles. The van der Waals surface area contributed by atoms with Crippen LogP contribution in [0.3, 0.4) is 0 Å². The van der Waals surface area contributed by atoms with Gasteiger partial charge in [0.15, 0.2) is 0 Å². The van der Waals surface area contributed by atoms with E-state index >= 15 is 0 Å². The lowest BCUT2D eigenvalue weighted by molar-refractivity contribution is -0.145. The van der Waals surface area contributed by atoms with Gasteiger partial charge in [-0.3, -0.25) is 4.79 Å². The van der Waals surface area contributed by atoms with Crippen LogP contribution in [0.5, 0.6) is 0 Å². The van der Waals surface area contributed by atoms with Crippen molar-refractivity contribution in [2.24, 2.45) is 0 Å². The number of ether oxygens (including phenoxy) is 1. The molecule has 1 aromatic carbocycles. The number of nitrogens with zero attached hydrogens (tertiary/aromatic N) is 2. The number of esters is 1. The first-order chi connectivity index (χ1) is 15.5. The number of methoxy groups -OCH3 is 1. The molecule has 1 atom stereocenters. The summed E-state index contributed by atoms with van der Waals surface area (Å²) in [6, 6.07) is 3.78. The molecular weight excluding hydrogens is 486 g/mol. The lowest BCUT2D eigenvalue weighted by Crippen LogP contribution is -2.40. The predicted molar refractivity (Wildman–Crippen MR) is 119 cm³/mol. The summed E-state index contributed by atoms with van der Waals surface area (Å²) in [5.74, 6) is -1.44. The number of rotatable bonds is 10. The Hall–Kier alpha value is -2.79. The fraction of sp³-hybridized carbons (Fsp3) is 0.400. The van der Waals surface area contributed by atoms with Gasteiger partial charge in [0.2, 0.25) is 11.9 Å². The third-order valence-corrected chi connectivity index (χ3v) is 5.08. The fourth-order valence-corrected chi connectivity index (χ4v) is 3.10. The number of alkyl halides is 3. The van der Waals surface area contributed by atoms with Gasteiger partial charge < -0.3 is 20.7 Å². The smallest absolute Gasteiger partial charge is 0.421 e. The first-order valence-corrected chi connectivity index (χ1v) is 10.5. The van der Waals surface area contributed by atoms with Crippen molar-refractivity contribution in [3.8, 4) is 0 Å². The molecule has 1 aromatic heterocycles. The molecule has 0 saturated heterocycles. The van der Waals surface area contributed by atoms with Gasteiger partial charge in [0.25, 0.3) is 0 Å². The van der Waals surface area contributed by atoms with Crippen LogP contribution in [0, 0.1) is 0 Å². The van der Waals surface area contributed by atoms with Crippen molar-refractivity contribution in [3.05, 3.63) is 40.0 Å². The van der Waals surface area contributed by atoms with Gasteiger partial charge in [0.1, 0.15) is 17.4 Å². The van der Waals surface area contributed by atoms with E-state index in [0.29, 0.717) is 29.7 Å². The molecule has 33 heavy (non-hydrogen) atoms. The third kappa shape index (κ3) is 8.25. The zero-order valence-corrected chi connectivity index (χ0v) is 19.2. The van der Waals surface area contributed by atoms with E-state index in [1.807, 2.05) is 0 Å². The van der Waals surface area contributed by atoms with Gasteiger partial charge in [-0.25, -0.2) is 9.78 Å². The Morgan fingerprint density at radius 1 is 1.18 bits per heavy atom. The minimum absolute atomic E-state index is 0.0692. The lowest BCUT2D eigenvalue weighted by atomic mass is 10.1. The molecule has 1 amide bonds. The number of unbranched alkanes of at least 4 members (excludes halogenated alkanes) is 1. The highest BCUT2D eigenvalue weighted by atomic mass is 35.5. The van der Waals surface area contributed by atoms with Crippen molar-refractivity contribution in [2.75, 3.05) is 24.3 Å². The highest BCUT2D eigenvalue weighted by molar-refractivity contribution is 6.42. The molecule has 0 aliphatic carbocycles. The van der Waals surface area contributed by atoms with Crippen LogP contribution in [0.25, 0.3) is 0 Å². The summed E-state index contributed by atoms with van der Waals surface area (Å²) in [5.41, 5.74) is -0.574. The third-order valence-electron chi connectivity index (χ3n) is 4.35. The Balaban J connectivity index is 2.04. The van der Waals surface area contributed by atoms with E-state index in [0.717, 1.165) is 0 Å². The van der Waals surface area contributed by atoms with E-state index in [2.05, 4.69) is 30.7 Å². The summed E-state index contributed by atoms with van der Waals surface area (Å²) in [7, 11) is 1.20. The minimum atomic E-state index is -4.66. The summed E-state index contributed by atoms with van der Waals surface area (Å²) in [6.45, 7) is 1.41. The van der Waals surface area contributed by atoms with Crippen LogP contribution in [0.4, 0.5) is 30.6 Å². The summed E-state index contributed by atoms with van der Waals surface area (Å²) >= 11 is 11.8. The molecule has 2 aromatic rings. The number of nitrogens with one attached hydrogen (secondary N) is 3. The molecule has 0 fully saturated rings. The van der Waals surface area contributed by atoms with Crippen LogP contribution in [-0.4, -0.2) is 41.5 Å². The van der Waals surface area contributed by atoms with Gasteiger partial charge in [-0.05, 0) is 37.5 Å². The molecule has 0 bridgehead atoms. The zero-order chi connectivity index (χ0) is 24.6. The average Bonchev–Trinajstić information content (AvgIpc) is 2.73. The maximum atomic E-state index is 13.4. The highest BCUT2D eigenvalue weighted by Gasteiger charge is 2.35. The SMILES string of the molecule is COC(=O)C(CCCCNc1nc(Nc2ccc(Cl)c(Cl)c2)ncc1C(F)(F)F)NC(C)=O. The zero-order valence-electron chi connectivity index (χ0n) is 17.7. The Morgan fingerprint density at radius 3 is 2.52 bits per heavy atom. The van der Waals surface area contributed by atoms with Crippen molar-refractivity contribution < 1.29 is 27.5 Å². The number of carbonyl (C=O) groups is 2. The van der Waals surface area contributed by atoms with Crippen LogP contribution >= 0.6 is 23.2 Å². The van der Waals surface area contributed by atoms with Crippen LogP contribution in [0.2, 0.25) is 10.0 Å². The molecule has 8 nitrogen and oxygen atoms in total. The molecule has 0 aliphatic rings. The number of hydrogen-bond acceptors (Lipinski definition) is 7. The number of halogens is 5. The molecule has 0 saturated carbocycles. The number of aromatic nitrogens is 2. The van der Waals surface area contributed by atoms with Gasteiger partial charge in [0, 0.05) is 25.4 Å². The Bertz CT molecular complexity index is 992. The Labute approximate surface area is 198 Å². The largest absolute Gasteiger partial charge is 0.467 e. The Morgan fingerprint density at radius 2 is 1.91 bits per heavy atom. The van der Waals surface area contributed by atoms with E-state index in [-0.39, 0.29) is 29.8 Å². The first-order valence-electron chi connectivity index (χ1n) is 9.76. The van der Waals surface area contributed by atoms with E-state index in [4.69, 9.17) is 23.2 Å². The van der Waals surface area contributed by atoms with Gasteiger partial charge in [-0.1, -0.05) is 23.2 Å². The van der Waals surface area contributed by atoms with Crippen LogP contribution < -0.4 is 16.0 Å². The van der Waals surface area contributed by atoms with E-state index in [1.165, 1.54) is 26.2 Å². The fourth-order valence-electron chi connectivity index (χ4n) is 2.80. The number of amides is 1. The van der Waals surface area contributed by atoms with Gasteiger partial charge >= 0.3 is 12.1 Å². The normalized spacial score (nSPS) is 12.1. The lowest BCUT2D eigenvalue weighted by Gasteiger charge is -2.16. The Kier molecular flexibility index (Phi) is 9.54. The quantitative estimate of drug-likeness (QED) is 0.313. The topological polar surface area (TPSA) is 105 Å². The van der Waals surface area contributed by atoms with Crippen molar-refractivity contribution >= 4 is 52.5 Å². The van der Waals surface area contributed by atoms with Crippen molar-refractivity contribution in [1.29, 1.82) is 0 Å². The summed E-state index contributed by atoms with van der Waals surface area (Å²) < 4.78 is 44.7. The molecule has 2 rings (SSSR count). The molecule has 1 unspecified atom stereocenters. The minimum Gasteiger partial charge on any atom is -0.467 e. The predicted octanol–water partition coefficient (Wildman–Crippen LogP) is 4.81. The second-order valence-corrected chi connectivity index (χ2v) is 7.72. The van der Waals surface area contributed by atoms with Crippen LogP contribution in [0.1, 0.15) is 31.7 Å². The van der Waals surface area contributed by atoms with Crippen LogP contribution in [0.15, 0.2) is 24.4 Å². The van der Waals surface area contributed by atoms with Gasteiger partial charge in [0.05, 0.1) is 17.2 Å². The van der Waals surface area contributed by atoms with Gasteiger partial charge in [-0.2, -0.15) is 18.2 Å².